The summed E-state index contributed by atoms with van der Waals surface area (Å²) in [5.41, 5.74) is 3.11. The molecular formula is C30H32O6. The standard InChI is InChI=1S/C23H20O4.C3H4O.C3H6.CH2O/c1-25-20-10-8-19(9-11-20)18-6-3-17(4-7-18)5-16-23(24)27-22-14-12-21(26-2)13-15-22;1-2-3-4;1-3-2;1-2/h3-16H,1-2H3;2-3H,1H2;3H,1H2,2H3;1H2/b16-5-;;;. The molecule has 6 heteroatoms. The lowest BCUT2D eigenvalue weighted by atomic mass is 10.0. The van der Waals surface area contributed by atoms with Gasteiger partial charge in [0.05, 0.1) is 14.2 Å². The summed E-state index contributed by atoms with van der Waals surface area (Å²) in [5.74, 6) is 1.58. The topological polar surface area (TPSA) is 78.9 Å². The van der Waals surface area contributed by atoms with Crippen molar-refractivity contribution in [1.29, 1.82) is 0 Å². The molecule has 0 aliphatic heterocycles. The highest BCUT2D eigenvalue weighted by atomic mass is 16.5. The number of ether oxygens (including phenoxy) is 3. The number of hydrogen-bond donors (Lipinski definition) is 0. The SMILES string of the molecule is C=CC.C=CC=O.C=O.COc1ccc(OC(=O)/C=C\c2ccc(-c3ccc(OC)cc3)cc2)cc1. The normalized spacial score (nSPS) is 8.97. The third-order valence-electron chi connectivity index (χ3n) is 4.12. The van der Waals surface area contributed by atoms with Crippen LogP contribution in [0.4, 0.5) is 0 Å². The first-order valence-corrected chi connectivity index (χ1v) is 10.7. The molecule has 0 amide bonds. The second-order valence-corrected chi connectivity index (χ2v) is 6.56. The van der Waals surface area contributed by atoms with Crippen molar-refractivity contribution in [1.82, 2.24) is 0 Å². The number of esters is 1. The summed E-state index contributed by atoms with van der Waals surface area (Å²) in [6.07, 6.45) is 6.72. The summed E-state index contributed by atoms with van der Waals surface area (Å²) in [5, 5.41) is 0. The number of carbonyl (C=O) groups is 3. The van der Waals surface area contributed by atoms with Crippen LogP contribution in [0.2, 0.25) is 0 Å². The Hall–Kier alpha value is -4.71. The van der Waals surface area contributed by atoms with Gasteiger partial charge in [0.25, 0.3) is 0 Å². The van der Waals surface area contributed by atoms with E-state index in [0.29, 0.717) is 17.8 Å². The van der Waals surface area contributed by atoms with Crippen LogP contribution in [0.25, 0.3) is 17.2 Å². The number of benzene rings is 3. The molecule has 0 radical (unpaired) electrons. The van der Waals surface area contributed by atoms with E-state index < -0.39 is 5.97 Å². The Bertz CT molecular complexity index is 1060. The van der Waals surface area contributed by atoms with Crippen LogP contribution in [0, 0.1) is 0 Å². The molecule has 6 nitrogen and oxygen atoms in total. The summed E-state index contributed by atoms with van der Waals surface area (Å²) in [6, 6.07) is 22.7. The average molecular weight is 489 g/mol. The van der Waals surface area contributed by atoms with Gasteiger partial charge in [0.15, 0.2) is 0 Å². The molecule has 0 spiro atoms. The van der Waals surface area contributed by atoms with E-state index in [-0.39, 0.29) is 0 Å². The van der Waals surface area contributed by atoms with E-state index in [1.165, 1.54) is 12.2 Å². The van der Waals surface area contributed by atoms with Crippen LogP contribution in [-0.4, -0.2) is 33.3 Å². The van der Waals surface area contributed by atoms with Crippen molar-refractivity contribution in [3.8, 4) is 28.4 Å². The predicted octanol–water partition coefficient (Wildman–Crippen LogP) is 6.37. The molecule has 0 aliphatic rings. The largest absolute Gasteiger partial charge is 0.497 e. The van der Waals surface area contributed by atoms with Gasteiger partial charge in [-0.05, 0) is 72.2 Å². The zero-order valence-electron chi connectivity index (χ0n) is 20.9. The van der Waals surface area contributed by atoms with Gasteiger partial charge in [0.1, 0.15) is 30.3 Å². The fraction of sp³-hybridized carbons (Fsp3) is 0.100. The maximum Gasteiger partial charge on any atom is 0.336 e. The second kappa shape index (κ2) is 19.7. The number of aldehydes is 1. The molecule has 3 rings (SSSR count). The van der Waals surface area contributed by atoms with E-state index in [1.807, 2.05) is 62.2 Å². The molecule has 0 fully saturated rings. The van der Waals surface area contributed by atoms with E-state index in [4.69, 9.17) is 23.8 Å². The van der Waals surface area contributed by atoms with E-state index in [0.717, 1.165) is 22.4 Å². The monoisotopic (exact) mass is 488 g/mol. The van der Waals surface area contributed by atoms with Gasteiger partial charge in [-0.1, -0.05) is 49.1 Å². The van der Waals surface area contributed by atoms with Crippen LogP contribution in [-0.2, 0) is 14.4 Å². The highest BCUT2D eigenvalue weighted by molar-refractivity contribution is 5.88. The molecular weight excluding hydrogens is 456 g/mol. The molecule has 36 heavy (non-hydrogen) atoms. The number of carbonyl (C=O) groups excluding carboxylic acids is 3. The average Bonchev–Trinajstić information content (AvgIpc) is 2.94. The molecule has 0 atom stereocenters. The fourth-order valence-electron chi connectivity index (χ4n) is 2.53. The molecule has 0 N–H and O–H groups in total. The molecule has 0 aromatic heterocycles. The van der Waals surface area contributed by atoms with Crippen LogP contribution in [0.3, 0.4) is 0 Å². The van der Waals surface area contributed by atoms with E-state index >= 15 is 0 Å². The van der Waals surface area contributed by atoms with Crippen molar-refractivity contribution in [2.75, 3.05) is 14.2 Å². The second-order valence-electron chi connectivity index (χ2n) is 6.56. The Labute approximate surface area is 213 Å². The lowest BCUT2D eigenvalue weighted by Gasteiger charge is -2.04. The van der Waals surface area contributed by atoms with Crippen molar-refractivity contribution in [2.24, 2.45) is 0 Å². The lowest BCUT2D eigenvalue weighted by molar-refractivity contribution is -0.128. The predicted molar refractivity (Wildman–Crippen MR) is 145 cm³/mol. The zero-order chi connectivity index (χ0) is 27.2. The first-order chi connectivity index (χ1) is 17.5. The number of allylic oxidation sites excluding steroid dienone is 2. The van der Waals surface area contributed by atoms with Crippen LogP contribution < -0.4 is 14.2 Å². The van der Waals surface area contributed by atoms with Crippen molar-refractivity contribution in [3.63, 3.8) is 0 Å². The highest BCUT2D eigenvalue weighted by Gasteiger charge is 2.02. The van der Waals surface area contributed by atoms with Crippen LogP contribution >= 0.6 is 0 Å². The summed E-state index contributed by atoms with van der Waals surface area (Å²) in [6.45, 7) is 10.4. The van der Waals surface area contributed by atoms with E-state index in [9.17, 15) is 4.79 Å². The molecule has 3 aromatic carbocycles. The molecule has 0 bridgehead atoms. The summed E-state index contributed by atoms with van der Waals surface area (Å²) >= 11 is 0. The van der Waals surface area contributed by atoms with Crippen LogP contribution in [0.5, 0.6) is 17.2 Å². The summed E-state index contributed by atoms with van der Waals surface area (Å²) in [7, 11) is 3.24. The minimum absolute atomic E-state index is 0.431. The van der Waals surface area contributed by atoms with Crippen LogP contribution in [0.15, 0.2) is 104 Å². The van der Waals surface area contributed by atoms with Gasteiger partial charge in [-0.25, -0.2) is 4.79 Å². The Kier molecular flexibility index (Phi) is 17.2. The van der Waals surface area contributed by atoms with E-state index in [1.54, 1.807) is 50.6 Å². The Morgan fingerprint density at radius 1 is 0.722 bits per heavy atom. The van der Waals surface area contributed by atoms with E-state index in [2.05, 4.69) is 13.2 Å². The van der Waals surface area contributed by atoms with Crippen molar-refractivity contribution < 1.29 is 28.6 Å². The minimum Gasteiger partial charge on any atom is -0.497 e. The third kappa shape index (κ3) is 12.5. The quantitative estimate of drug-likeness (QED) is 0.126. The van der Waals surface area contributed by atoms with Crippen molar-refractivity contribution in [3.05, 3.63) is 110 Å². The fourth-order valence-corrected chi connectivity index (χ4v) is 2.53. The van der Waals surface area contributed by atoms with Gasteiger partial charge in [0, 0.05) is 6.08 Å². The Morgan fingerprint density at radius 3 is 1.47 bits per heavy atom. The summed E-state index contributed by atoms with van der Waals surface area (Å²) in [4.78, 5) is 29.0. The molecule has 0 heterocycles. The van der Waals surface area contributed by atoms with Gasteiger partial charge < -0.3 is 19.0 Å². The number of hydrogen-bond acceptors (Lipinski definition) is 6. The maximum atomic E-state index is 11.9. The molecule has 0 aliphatic carbocycles. The van der Waals surface area contributed by atoms with Gasteiger partial charge in [-0.2, -0.15) is 0 Å². The van der Waals surface area contributed by atoms with Crippen molar-refractivity contribution in [2.45, 2.75) is 6.92 Å². The zero-order valence-corrected chi connectivity index (χ0v) is 20.9. The number of rotatable bonds is 7. The third-order valence-corrected chi connectivity index (χ3v) is 4.12. The Morgan fingerprint density at radius 2 is 1.08 bits per heavy atom. The molecule has 188 valence electrons. The summed E-state index contributed by atoms with van der Waals surface area (Å²) < 4.78 is 15.5. The molecule has 0 saturated carbocycles. The number of methoxy groups -OCH3 is 2. The van der Waals surface area contributed by atoms with Gasteiger partial charge in [-0.15, -0.1) is 6.58 Å². The smallest absolute Gasteiger partial charge is 0.336 e. The minimum atomic E-state index is -0.431. The van der Waals surface area contributed by atoms with Crippen LogP contribution in [0.1, 0.15) is 12.5 Å². The van der Waals surface area contributed by atoms with Gasteiger partial charge in [-0.3, -0.25) is 4.79 Å². The van der Waals surface area contributed by atoms with Gasteiger partial charge in [0.2, 0.25) is 0 Å². The molecule has 3 aromatic rings. The highest BCUT2D eigenvalue weighted by Crippen LogP contribution is 2.23. The maximum absolute atomic E-state index is 11.9. The van der Waals surface area contributed by atoms with Crippen molar-refractivity contribution >= 4 is 25.1 Å². The lowest BCUT2D eigenvalue weighted by Crippen LogP contribution is -2.03. The Balaban J connectivity index is 0.00000119. The van der Waals surface area contributed by atoms with Gasteiger partial charge >= 0.3 is 5.97 Å². The molecule has 0 unspecified atom stereocenters. The first kappa shape index (κ1) is 31.3. The first-order valence-electron chi connectivity index (χ1n) is 10.7. The molecule has 0 saturated heterocycles.